The summed E-state index contributed by atoms with van der Waals surface area (Å²) in [5.74, 6) is 0. The first-order chi connectivity index (χ1) is 6.39. The van der Waals surface area contributed by atoms with Gasteiger partial charge in [-0.15, -0.1) is 0 Å². The smallest absolute Gasteiger partial charge is 0.378 e. The van der Waals surface area contributed by atoms with Gasteiger partial charge in [-0.05, 0) is 11.6 Å². The molecule has 0 aliphatic carbocycles. The van der Waals surface area contributed by atoms with Crippen LogP contribution in [0.3, 0.4) is 0 Å². The van der Waals surface area contributed by atoms with Gasteiger partial charge in [-0.2, -0.15) is 13.2 Å². The number of hydrogen-bond donors (Lipinski definition) is 2. The van der Waals surface area contributed by atoms with Gasteiger partial charge in [0.15, 0.2) is 0 Å². The van der Waals surface area contributed by atoms with Crippen LogP contribution in [0.5, 0.6) is 0 Å². The van der Waals surface area contributed by atoms with Crippen molar-refractivity contribution in [2.75, 3.05) is 0 Å². The van der Waals surface area contributed by atoms with Gasteiger partial charge in [0.1, 0.15) is 6.23 Å². The third-order valence-corrected chi connectivity index (χ3v) is 1.70. The molecule has 14 heavy (non-hydrogen) atoms. The lowest BCUT2D eigenvalue weighted by molar-refractivity contribution is -0.137. The summed E-state index contributed by atoms with van der Waals surface area (Å²) in [6.07, 6.45) is -5.46. The second kappa shape index (κ2) is 3.98. The summed E-state index contributed by atoms with van der Waals surface area (Å²) < 4.78 is 36.6. The molecular formula is C9H10F3NO. The molecule has 0 spiro atoms. The first-order valence-corrected chi connectivity index (χ1v) is 3.99. The third kappa shape index (κ3) is 3.01. The standard InChI is InChI=1S/C9H10F3NO/c10-9(11,12)7-3-1-2-6(4-7)5-8(13)14/h1-4,8,14H,5,13H2. The van der Waals surface area contributed by atoms with Crippen molar-refractivity contribution in [3.63, 3.8) is 0 Å². The van der Waals surface area contributed by atoms with E-state index in [1.807, 2.05) is 0 Å². The average Bonchev–Trinajstić information content (AvgIpc) is 2.01. The summed E-state index contributed by atoms with van der Waals surface area (Å²) in [4.78, 5) is 0. The molecule has 2 nitrogen and oxygen atoms in total. The van der Waals surface area contributed by atoms with Gasteiger partial charge in [0, 0.05) is 6.42 Å². The highest BCUT2D eigenvalue weighted by molar-refractivity contribution is 5.25. The van der Waals surface area contributed by atoms with Crippen LogP contribution in [0, 0.1) is 0 Å². The van der Waals surface area contributed by atoms with Crippen LogP contribution in [-0.4, -0.2) is 11.3 Å². The van der Waals surface area contributed by atoms with Crippen LogP contribution in [0.1, 0.15) is 11.1 Å². The van der Waals surface area contributed by atoms with Crippen molar-refractivity contribution < 1.29 is 18.3 Å². The normalized spacial score (nSPS) is 14.1. The van der Waals surface area contributed by atoms with Crippen LogP contribution < -0.4 is 5.73 Å². The predicted molar refractivity (Wildman–Crippen MR) is 45.3 cm³/mol. The molecular weight excluding hydrogens is 195 g/mol. The number of nitrogens with two attached hydrogens (primary N) is 1. The van der Waals surface area contributed by atoms with Gasteiger partial charge in [-0.1, -0.05) is 18.2 Å². The lowest BCUT2D eigenvalue weighted by Gasteiger charge is -2.09. The molecule has 5 heteroatoms. The van der Waals surface area contributed by atoms with E-state index >= 15 is 0 Å². The highest BCUT2D eigenvalue weighted by Gasteiger charge is 2.30. The van der Waals surface area contributed by atoms with Crippen molar-refractivity contribution in [1.29, 1.82) is 0 Å². The maximum absolute atomic E-state index is 12.2. The monoisotopic (exact) mass is 205 g/mol. The molecule has 1 rings (SSSR count). The molecule has 0 aliphatic rings. The van der Waals surface area contributed by atoms with Crippen molar-refractivity contribution in [1.82, 2.24) is 0 Å². The Hall–Kier alpha value is -1.07. The summed E-state index contributed by atoms with van der Waals surface area (Å²) in [6.45, 7) is 0. The van der Waals surface area contributed by atoms with Crippen LogP contribution in [0.15, 0.2) is 24.3 Å². The number of aliphatic hydroxyl groups is 1. The van der Waals surface area contributed by atoms with Crippen molar-refractivity contribution in [2.45, 2.75) is 18.8 Å². The van der Waals surface area contributed by atoms with E-state index in [9.17, 15) is 13.2 Å². The number of halogens is 3. The Kier molecular flexibility index (Phi) is 3.13. The molecule has 0 saturated heterocycles. The molecule has 1 atom stereocenters. The molecule has 1 unspecified atom stereocenters. The van der Waals surface area contributed by atoms with E-state index in [1.54, 1.807) is 0 Å². The summed E-state index contributed by atoms with van der Waals surface area (Å²) in [6, 6.07) is 4.74. The van der Waals surface area contributed by atoms with Gasteiger partial charge in [0.25, 0.3) is 0 Å². The minimum Gasteiger partial charge on any atom is -0.378 e. The zero-order valence-electron chi connectivity index (χ0n) is 7.25. The lowest BCUT2D eigenvalue weighted by atomic mass is 10.1. The van der Waals surface area contributed by atoms with Gasteiger partial charge in [-0.25, -0.2) is 0 Å². The predicted octanol–water partition coefficient (Wildman–Crippen LogP) is 1.52. The number of aliphatic hydroxyl groups excluding tert-OH is 1. The molecule has 0 bridgehead atoms. The first-order valence-electron chi connectivity index (χ1n) is 3.99. The molecule has 0 radical (unpaired) electrons. The SMILES string of the molecule is NC(O)Cc1cccc(C(F)(F)F)c1. The fourth-order valence-corrected chi connectivity index (χ4v) is 1.12. The van der Waals surface area contributed by atoms with Crippen LogP contribution in [0.25, 0.3) is 0 Å². The van der Waals surface area contributed by atoms with E-state index in [1.165, 1.54) is 12.1 Å². The van der Waals surface area contributed by atoms with Gasteiger partial charge in [0.2, 0.25) is 0 Å². The summed E-state index contributed by atoms with van der Waals surface area (Å²) in [7, 11) is 0. The van der Waals surface area contributed by atoms with E-state index in [4.69, 9.17) is 10.8 Å². The molecule has 0 fully saturated rings. The third-order valence-electron chi connectivity index (χ3n) is 1.70. The summed E-state index contributed by atoms with van der Waals surface area (Å²) in [5.41, 5.74) is 4.70. The van der Waals surface area contributed by atoms with Gasteiger partial charge in [0.05, 0.1) is 5.56 Å². The van der Waals surface area contributed by atoms with Gasteiger partial charge >= 0.3 is 6.18 Å². The van der Waals surface area contributed by atoms with Crippen molar-refractivity contribution >= 4 is 0 Å². The largest absolute Gasteiger partial charge is 0.416 e. The quantitative estimate of drug-likeness (QED) is 0.719. The summed E-state index contributed by atoms with van der Waals surface area (Å²) >= 11 is 0. The Bertz CT molecular complexity index is 309. The summed E-state index contributed by atoms with van der Waals surface area (Å²) in [5, 5.41) is 8.80. The highest BCUT2D eigenvalue weighted by atomic mass is 19.4. The molecule has 0 aliphatic heterocycles. The number of rotatable bonds is 2. The second-order valence-electron chi connectivity index (χ2n) is 2.97. The van der Waals surface area contributed by atoms with Crippen LogP contribution in [-0.2, 0) is 12.6 Å². The first kappa shape index (κ1) is 11.0. The lowest BCUT2D eigenvalue weighted by Crippen LogP contribution is -2.21. The molecule has 0 aromatic heterocycles. The van der Waals surface area contributed by atoms with E-state index in [-0.39, 0.29) is 6.42 Å². The minimum absolute atomic E-state index is 0.0178. The Morgan fingerprint density at radius 2 is 2.00 bits per heavy atom. The average molecular weight is 205 g/mol. The fraction of sp³-hybridized carbons (Fsp3) is 0.333. The molecule has 0 amide bonds. The maximum Gasteiger partial charge on any atom is 0.416 e. The van der Waals surface area contributed by atoms with Crippen molar-refractivity contribution in [3.8, 4) is 0 Å². The molecule has 78 valence electrons. The molecule has 3 N–H and O–H groups in total. The maximum atomic E-state index is 12.2. The Morgan fingerprint density at radius 3 is 2.50 bits per heavy atom. The fourth-order valence-electron chi connectivity index (χ4n) is 1.12. The topological polar surface area (TPSA) is 46.2 Å². The van der Waals surface area contributed by atoms with Gasteiger partial charge in [-0.3, -0.25) is 0 Å². The van der Waals surface area contributed by atoms with E-state index in [0.717, 1.165) is 12.1 Å². The number of hydrogen-bond acceptors (Lipinski definition) is 2. The molecule has 1 aromatic carbocycles. The van der Waals surface area contributed by atoms with E-state index in [0.29, 0.717) is 5.56 Å². The number of benzene rings is 1. The molecule has 0 saturated carbocycles. The second-order valence-corrected chi connectivity index (χ2v) is 2.97. The van der Waals surface area contributed by atoms with Crippen LogP contribution in [0.4, 0.5) is 13.2 Å². The van der Waals surface area contributed by atoms with Crippen LogP contribution in [0.2, 0.25) is 0 Å². The Morgan fingerprint density at radius 1 is 1.36 bits per heavy atom. The van der Waals surface area contributed by atoms with Crippen molar-refractivity contribution in [2.24, 2.45) is 5.73 Å². The minimum atomic E-state index is -4.35. The van der Waals surface area contributed by atoms with E-state index in [2.05, 4.69) is 0 Å². The Labute approximate surface area is 79.2 Å². The van der Waals surface area contributed by atoms with Crippen molar-refractivity contribution in [3.05, 3.63) is 35.4 Å². The highest BCUT2D eigenvalue weighted by Crippen LogP contribution is 2.29. The number of alkyl halides is 3. The van der Waals surface area contributed by atoms with E-state index < -0.39 is 18.0 Å². The van der Waals surface area contributed by atoms with Gasteiger partial charge < -0.3 is 10.8 Å². The zero-order valence-corrected chi connectivity index (χ0v) is 7.25. The zero-order chi connectivity index (χ0) is 10.8. The Balaban J connectivity index is 2.90. The molecule has 1 aromatic rings. The van der Waals surface area contributed by atoms with Crippen LogP contribution >= 0.6 is 0 Å². The molecule has 0 heterocycles.